The Morgan fingerprint density at radius 1 is 1.11 bits per heavy atom. The summed E-state index contributed by atoms with van der Waals surface area (Å²) < 4.78 is 15.7. The Hall–Kier alpha value is -3.48. The van der Waals surface area contributed by atoms with E-state index < -0.39 is 5.82 Å². The van der Waals surface area contributed by atoms with E-state index in [2.05, 4.69) is 15.7 Å². The summed E-state index contributed by atoms with van der Waals surface area (Å²) in [5.41, 5.74) is 1.70. The molecule has 0 saturated heterocycles. The first-order valence-electron chi connectivity index (χ1n) is 9.03. The Balaban J connectivity index is 1.40. The zero-order chi connectivity index (χ0) is 19.7. The van der Waals surface area contributed by atoms with Gasteiger partial charge in [0.05, 0.1) is 0 Å². The van der Waals surface area contributed by atoms with Crippen molar-refractivity contribution in [3.05, 3.63) is 72.3 Å². The number of aromatic nitrogens is 2. The number of nitrogens with one attached hydrogen (secondary N) is 2. The maximum absolute atomic E-state index is 14.3. The van der Waals surface area contributed by atoms with Gasteiger partial charge in [0.2, 0.25) is 5.91 Å². The maximum Gasteiger partial charge on any atom is 0.255 e. The van der Waals surface area contributed by atoms with E-state index in [0.29, 0.717) is 28.5 Å². The van der Waals surface area contributed by atoms with Gasteiger partial charge in [-0.2, -0.15) is 5.10 Å². The van der Waals surface area contributed by atoms with E-state index in [0.717, 1.165) is 6.42 Å². The highest BCUT2D eigenvalue weighted by molar-refractivity contribution is 6.04. The smallest absolute Gasteiger partial charge is 0.255 e. The van der Waals surface area contributed by atoms with Gasteiger partial charge in [0.15, 0.2) is 5.82 Å². The zero-order valence-corrected chi connectivity index (χ0v) is 15.2. The Bertz CT molecular complexity index is 1020. The predicted molar refractivity (Wildman–Crippen MR) is 104 cm³/mol. The van der Waals surface area contributed by atoms with E-state index in [9.17, 15) is 14.0 Å². The van der Waals surface area contributed by atoms with Gasteiger partial charge in [-0.3, -0.25) is 9.59 Å². The van der Waals surface area contributed by atoms with Crippen molar-refractivity contribution in [3.63, 3.8) is 0 Å². The second-order valence-corrected chi connectivity index (χ2v) is 6.96. The van der Waals surface area contributed by atoms with Crippen LogP contribution >= 0.6 is 0 Å². The van der Waals surface area contributed by atoms with E-state index in [1.807, 2.05) is 6.92 Å². The molecule has 2 N–H and O–H groups in total. The first-order chi connectivity index (χ1) is 13.5. The van der Waals surface area contributed by atoms with Gasteiger partial charge in [-0.25, -0.2) is 9.07 Å². The van der Waals surface area contributed by atoms with E-state index in [1.165, 1.54) is 10.7 Å². The molecule has 142 valence electrons. The Labute approximate surface area is 161 Å². The second-order valence-electron chi connectivity index (χ2n) is 6.96. The predicted octanol–water partition coefficient (Wildman–Crippen LogP) is 3.86. The SMILES string of the molecule is CC1CC1C(=O)Nc1ccc(C(=O)Nc2ccc(-n3cccn3)c(F)c2)cc1. The molecule has 6 nitrogen and oxygen atoms in total. The van der Waals surface area contributed by atoms with Crippen molar-refractivity contribution in [1.29, 1.82) is 0 Å². The highest BCUT2D eigenvalue weighted by atomic mass is 19.1. The molecule has 3 aromatic rings. The molecule has 1 heterocycles. The van der Waals surface area contributed by atoms with E-state index in [1.54, 1.807) is 54.9 Å². The molecule has 7 heteroatoms. The van der Waals surface area contributed by atoms with Crippen LogP contribution in [0, 0.1) is 17.7 Å². The normalized spacial score (nSPS) is 17.8. The minimum Gasteiger partial charge on any atom is -0.326 e. The number of nitrogens with zero attached hydrogens (tertiary/aromatic N) is 2. The molecule has 2 atom stereocenters. The third-order valence-corrected chi connectivity index (χ3v) is 4.82. The summed E-state index contributed by atoms with van der Waals surface area (Å²) in [6.45, 7) is 2.04. The average molecular weight is 378 g/mol. The fraction of sp³-hybridized carbons (Fsp3) is 0.190. The Morgan fingerprint density at radius 2 is 1.82 bits per heavy atom. The molecule has 1 fully saturated rings. The summed E-state index contributed by atoms with van der Waals surface area (Å²) in [4.78, 5) is 24.4. The highest BCUT2D eigenvalue weighted by Crippen LogP contribution is 2.38. The van der Waals surface area contributed by atoms with Crippen LogP contribution in [0.4, 0.5) is 15.8 Å². The van der Waals surface area contributed by atoms with Crippen molar-refractivity contribution in [2.24, 2.45) is 11.8 Å². The number of hydrogen-bond donors (Lipinski definition) is 2. The van der Waals surface area contributed by atoms with Gasteiger partial charge >= 0.3 is 0 Å². The molecule has 2 amide bonds. The zero-order valence-electron chi connectivity index (χ0n) is 15.2. The fourth-order valence-electron chi connectivity index (χ4n) is 3.01. The first-order valence-corrected chi connectivity index (χ1v) is 9.03. The largest absolute Gasteiger partial charge is 0.326 e. The molecular formula is C21H19FN4O2. The lowest BCUT2D eigenvalue weighted by atomic mass is 10.1. The fourth-order valence-corrected chi connectivity index (χ4v) is 3.01. The number of amides is 2. The van der Waals surface area contributed by atoms with Crippen LogP contribution in [0.5, 0.6) is 0 Å². The van der Waals surface area contributed by atoms with Gasteiger partial charge in [0.1, 0.15) is 5.69 Å². The quantitative estimate of drug-likeness (QED) is 0.708. The summed E-state index contributed by atoms with van der Waals surface area (Å²) in [7, 11) is 0. The van der Waals surface area contributed by atoms with E-state index in [4.69, 9.17) is 0 Å². The number of halogens is 1. The summed E-state index contributed by atoms with van der Waals surface area (Å²) in [6, 6.07) is 12.7. The van der Waals surface area contributed by atoms with Crippen LogP contribution in [0.3, 0.4) is 0 Å². The molecule has 2 unspecified atom stereocenters. The number of benzene rings is 2. The monoisotopic (exact) mass is 378 g/mol. The summed E-state index contributed by atoms with van der Waals surface area (Å²) in [6.07, 6.45) is 4.12. The van der Waals surface area contributed by atoms with Crippen molar-refractivity contribution in [2.75, 3.05) is 10.6 Å². The molecule has 1 saturated carbocycles. The van der Waals surface area contributed by atoms with Gasteiger partial charge in [0, 0.05) is 35.2 Å². The third-order valence-electron chi connectivity index (χ3n) is 4.82. The molecule has 0 bridgehead atoms. The summed E-state index contributed by atoms with van der Waals surface area (Å²) in [5, 5.41) is 9.51. The highest BCUT2D eigenvalue weighted by Gasteiger charge is 2.39. The van der Waals surface area contributed by atoms with Crippen LogP contribution in [-0.2, 0) is 4.79 Å². The summed E-state index contributed by atoms with van der Waals surface area (Å²) in [5.74, 6) is -0.320. The number of rotatable bonds is 5. The lowest BCUT2D eigenvalue weighted by Crippen LogP contribution is -2.15. The van der Waals surface area contributed by atoms with E-state index >= 15 is 0 Å². The van der Waals surface area contributed by atoms with Crippen molar-refractivity contribution in [3.8, 4) is 5.69 Å². The van der Waals surface area contributed by atoms with Crippen LogP contribution in [0.15, 0.2) is 60.9 Å². The Morgan fingerprint density at radius 3 is 2.43 bits per heavy atom. The Kier molecular flexibility index (Phi) is 4.65. The van der Waals surface area contributed by atoms with Crippen molar-refractivity contribution in [1.82, 2.24) is 9.78 Å². The van der Waals surface area contributed by atoms with Gasteiger partial charge < -0.3 is 10.6 Å². The molecule has 1 aromatic heterocycles. The standard InChI is InChI=1S/C21H19FN4O2/c1-13-11-17(13)21(28)24-15-5-3-14(4-6-15)20(27)25-16-7-8-19(18(22)12-16)26-10-2-9-23-26/h2-10,12-13,17H,11H2,1H3,(H,24,28)(H,25,27). The van der Waals surface area contributed by atoms with E-state index in [-0.39, 0.29) is 17.7 Å². The lowest BCUT2D eigenvalue weighted by Gasteiger charge is -2.09. The minimum absolute atomic E-state index is 0.0115. The van der Waals surface area contributed by atoms with Gasteiger partial charge in [-0.1, -0.05) is 6.92 Å². The first kappa shape index (κ1) is 17.9. The number of hydrogen-bond acceptors (Lipinski definition) is 3. The molecule has 0 radical (unpaired) electrons. The number of carbonyl (C=O) groups excluding carboxylic acids is 2. The van der Waals surface area contributed by atoms with Crippen molar-refractivity contribution in [2.45, 2.75) is 13.3 Å². The molecule has 0 spiro atoms. The second kappa shape index (κ2) is 7.26. The molecule has 1 aliphatic carbocycles. The molecule has 2 aromatic carbocycles. The molecule has 28 heavy (non-hydrogen) atoms. The topological polar surface area (TPSA) is 76.0 Å². The lowest BCUT2D eigenvalue weighted by molar-refractivity contribution is -0.117. The molecule has 0 aliphatic heterocycles. The minimum atomic E-state index is -0.492. The van der Waals surface area contributed by atoms with Gasteiger partial charge in [-0.15, -0.1) is 0 Å². The molecule has 1 aliphatic rings. The van der Waals surface area contributed by atoms with Crippen LogP contribution in [0.1, 0.15) is 23.7 Å². The number of carbonyl (C=O) groups is 2. The third kappa shape index (κ3) is 3.78. The maximum atomic E-state index is 14.3. The van der Waals surface area contributed by atoms with Crippen LogP contribution in [0.25, 0.3) is 5.69 Å². The average Bonchev–Trinajstić information content (AvgIpc) is 3.17. The van der Waals surface area contributed by atoms with Gasteiger partial charge in [0.25, 0.3) is 5.91 Å². The van der Waals surface area contributed by atoms with Crippen molar-refractivity contribution < 1.29 is 14.0 Å². The van der Waals surface area contributed by atoms with Gasteiger partial charge in [-0.05, 0) is 60.9 Å². The van der Waals surface area contributed by atoms with Crippen LogP contribution in [0.2, 0.25) is 0 Å². The summed E-state index contributed by atoms with van der Waals surface area (Å²) >= 11 is 0. The molecule has 4 rings (SSSR count). The van der Waals surface area contributed by atoms with Crippen molar-refractivity contribution >= 4 is 23.2 Å². The number of anilines is 2. The van der Waals surface area contributed by atoms with Crippen LogP contribution < -0.4 is 10.6 Å². The molecular weight excluding hydrogens is 359 g/mol. The van der Waals surface area contributed by atoms with Crippen LogP contribution in [-0.4, -0.2) is 21.6 Å².